The van der Waals surface area contributed by atoms with E-state index in [1.807, 2.05) is 7.05 Å². The molecule has 0 bridgehead atoms. The van der Waals surface area contributed by atoms with Gasteiger partial charge in [0.1, 0.15) is 0 Å². The molecule has 1 aromatic rings. The number of hydrogen-bond acceptors (Lipinski definition) is 1. The van der Waals surface area contributed by atoms with Gasteiger partial charge in [-0.15, -0.1) is 0 Å². The molecule has 4 rings (SSSR count). The third kappa shape index (κ3) is 1.28. The number of allylic oxidation sites excluding steroid dienone is 5. The largest absolute Gasteiger partial charge is 0.391 e. The van der Waals surface area contributed by atoms with E-state index in [-0.39, 0.29) is 0 Å². The van der Waals surface area contributed by atoms with Crippen LogP contribution in [0.4, 0.5) is 0 Å². The van der Waals surface area contributed by atoms with Crippen LogP contribution >= 0.6 is 0 Å². The molecule has 0 spiro atoms. The van der Waals surface area contributed by atoms with E-state index < -0.39 is 0 Å². The predicted octanol–water partition coefficient (Wildman–Crippen LogP) is 3.24. The Balaban J connectivity index is 1.94. The quantitative estimate of drug-likeness (QED) is 0.737. The molecule has 1 unspecified atom stereocenters. The van der Waals surface area contributed by atoms with E-state index >= 15 is 0 Å². The third-order valence-corrected chi connectivity index (χ3v) is 4.48. The van der Waals surface area contributed by atoms with Crippen molar-refractivity contribution in [2.45, 2.75) is 25.2 Å². The lowest BCUT2D eigenvalue weighted by atomic mass is 9.69. The highest BCUT2D eigenvalue weighted by atomic mass is 14.8. The lowest BCUT2D eigenvalue weighted by Crippen LogP contribution is -2.24. The third-order valence-electron chi connectivity index (χ3n) is 4.48. The van der Waals surface area contributed by atoms with Crippen LogP contribution in [-0.2, 0) is 12.8 Å². The molecule has 0 fully saturated rings. The minimum atomic E-state index is 0.552. The molecule has 0 saturated heterocycles. The Morgan fingerprint density at radius 1 is 1.11 bits per heavy atom. The van der Waals surface area contributed by atoms with Gasteiger partial charge in [0.2, 0.25) is 0 Å². The summed E-state index contributed by atoms with van der Waals surface area (Å²) in [6, 6.07) is 6.81. The summed E-state index contributed by atoms with van der Waals surface area (Å²) in [5.74, 6) is 0.552. The molecular formula is C17H17N. The highest BCUT2D eigenvalue weighted by Gasteiger charge is 2.32. The molecule has 1 heteroatoms. The van der Waals surface area contributed by atoms with Crippen molar-refractivity contribution in [1.82, 2.24) is 5.32 Å². The lowest BCUT2D eigenvalue weighted by molar-refractivity contribution is 0.751. The fraction of sp³-hybridized carbons (Fsp3) is 0.294. The van der Waals surface area contributed by atoms with Crippen LogP contribution in [0.1, 0.15) is 29.0 Å². The summed E-state index contributed by atoms with van der Waals surface area (Å²) in [5.41, 5.74) is 9.12. The van der Waals surface area contributed by atoms with Gasteiger partial charge in [-0.1, -0.05) is 35.9 Å². The average molecular weight is 235 g/mol. The van der Waals surface area contributed by atoms with Crippen molar-refractivity contribution in [1.29, 1.82) is 0 Å². The van der Waals surface area contributed by atoms with Gasteiger partial charge < -0.3 is 5.32 Å². The Kier molecular flexibility index (Phi) is 2.05. The Labute approximate surface area is 108 Å². The van der Waals surface area contributed by atoms with E-state index in [0.717, 1.165) is 19.3 Å². The Morgan fingerprint density at radius 3 is 2.67 bits per heavy atom. The Hall–Kier alpha value is -1.76. The topological polar surface area (TPSA) is 12.0 Å². The first-order valence-corrected chi connectivity index (χ1v) is 6.75. The van der Waals surface area contributed by atoms with Crippen molar-refractivity contribution in [3.8, 4) is 0 Å². The normalized spacial score (nSPS) is 23.6. The van der Waals surface area contributed by atoms with E-state index in [1.54, 1.807) is 11.1 Å². The van der Waals surface area contributed by atoms with Crippen LogP contribution < -0.4 is 5.32 Å². The second-order valence-corrected chi connectivity index (χ2v) is 5.41. The van der Waals surface area contributed by atoms with Gasteiger partial charge >= 0.3 is 0 Å². The molecule has 90 valence electrons. The molecule has 1 atom stereocenters. The summed E-state index contributed by atoms with van der Waals surface area (Å²) in [7, 11) is 2.03. The molecular weight excluding hydrogens is 218 g/mol. The summed E-state index contributed by atoms with van der Waals surface area (Å²) in [4.78, 5) is 0. The summed E-state index contributed by atoms with van der Waals surface area (Å²) in [6.07, 6.45) is 10.5. The molecule has 0 radical (unpaired) electrons. The fourth-order valence-corrected chi connectivity index (χ4v) is 3.61. The van der Waals surface area contributed by atoms with Gasteiger partial charge in [-0.05, 0) is 41.2 Å². The van der Waals surface area contributed by atoms with Crippen LogP contribution in [-0.4, -0.2) is 7.05 Å². The van der Waals surface area contributed by atoms with Crippen LogP contribution in [0.15, 0.2) is 53.3 Å². The monoisotopic (exact) mass is 235 g/mol. The van der Waals surface area contributed by atoms with E-state index in [1.165, 1.54) is 22.4 Å². The van der Waals surface area contributed by atoms with Crippen LogP contribution in [0, 0.1) is 0 Å². The van der Waals surface area contributed by atoms with Gasteiger partial charge in [0.25, 0.3) is 0 Å². The highest BCUT2D eigenvalue weighted by Crippen LogP contribution is 2.47. The predicted molar refractivity (Wildman–Crippen MR) is 74.5 cm³/mol. The maximum Gasteiger partial charge on any atom is 0.0306 e. The standard InChI is InChI=1S/C17H17N/c1-18-15-9-13-7-5-11-3-2-4-12-6-8-14(10-15)17(13)16(11)12/h2-4,7-9,17-18H,5-6,10H2,1H3. The molecule has 0 aliphatic heterocycles. The zero-order chi connectivity index (χ0) is 12.1. The minimum absolute atomic E-state index is 0.552. The van der Waals surface area contributed by atoms with Gasteiger partial charge in [-0.2, -0.15) is 0 Å². The van der Waals surface area contributed by atoms with Crippen LogP contribution in [0.2, 0.25) is 0 Å². The molecule has 3 aliphatic rings. The summed E-state index contributed by atoms with van der Waals surface area (Å²) < 4.78 is 0. The number of hydrogen-bond donors (Lipinski definition) is 1. The average Bonchev–Trinajstić information content (AvgIpc) is 2.44. The summed E-state index contributed by atoms with van der Waals surface area (Å²) in [5, 5.41) is 3.33. The zero-order valence-electron chi connectivity index (χ0n) is 10.7. The molecule has 0 amide bonds. The number of nitrogens with one attached hydrogen (secondary N) is 1. The van der Waals surface area contributed by atoms with Gasteiger partial charge in [0, 0.05) is 25.1 Å². The Bertz CT molecular complexity index is 616. The SMILES string of the molecule is CNC1=CC2=CCc3cccc4c3C2C(=CC4)C1. The fourth-order valence-electron chi connectivity index (χ4n) is 3.61. The Morgan fingerprint density at radius 2 is 1.89 bits per heavy atom. The second kappa shape index (κ2) is 3.61. The summed E-state index contributed by atoms with van der Waals surface area (Å²) in [6.45, 7) is 0. The van der Waals surface area contributed by atoms with Crippen molar-refractivity contribution in [3.05, 3.63) is 70.0 Å². The zero-order valence-corrected chi connectivity index (χ0v) is 10.7. The van der Waals surface area contributed by atoms with Crippen LogP contribution in [0.3, 0.4) is 0 Å². The van der Waals surface area contributed by atoms with Crippen molar-refractivity contribution < 1.29 is 0 Å². The van der Waals surface area contributed by atoms with E-state index in [4.69, 9.17) is 0 Å². The molecule has 3 aliphatic carbocycles. The summed E-state index contributed by atoms with van der Waals surface area (Å²) >= 11 is 0. The van der Waals surface area contributed by atoms with Crippen molar-refractivity contribution in [3.63, 3.8) is 0 Å². The first-order chi connectivity index (χ1) is 8.86. The number of rotatable bonds is 1. The maximum atomic E-state index is 3.33. The number of benzene rings is 1. The molecule has 1 aromatic carbocycles. The van der Waals surface area contributed by atoms with E-state index in [9.17, 15) is 0 Å². The molecule has 18 heavy (non-hydrogen) atoms. The highest BCUT2D eigenvalue weighted by molar-refractivity contribution is 5.59. The van der Waals surface area contributed by atoms with Crippen molar-refractivity contribution in [2.75, 3.05) is 7.05 Å². The van der Waals surface area contributed by atoms with Crippen molar-refractivity contribution in [2.24, 2.45) is 0 Å². The van der Waals surface area contributed by atoms with Crippen molar-refractivity contribution >= 4 is 0 Å². The van der Waals surface area contributed by atoms with Gasteiger partial charge in [-0.3, -0.25) is 0 Å². The van der Waals surface area contributed by atoms with Gasteiger partial charge in [0.05, 0.1) is 0 Å². The first-order valence-electron chi connectivity index (χ1n) is 6.75. The van der Waals surface area contributed by atoms with Gasteiger partial charge in [-0.25, -0.2) is 0 Å². The molecule has 0 saturated carbocycles. The first kappa shape index (κ1) is 10.2. The minimum Gasteiger partial charge on any atom is -0.391 e. The lowest BCUT2D eigenvalue weighted by Gasteiger charge is -2.36. The maximum absolute atomic E-state index is 3.33. The van der Waals surface area contributed by atoms with E-state index in [0.29, 0.717) is 5.92 Å². The van der Waals surface area contributed by atoms with E-state index in [2.05, 4.69) is 41.7 Å². The molecule has 1 N–H and O–H groups in total. The second-order valence-electron chi connectivity index (χ2n) is 5.41. The smallest absolute Gasteiger partial charge is 0.0306 e. The van der Waals surface area contributed by atoms with Gasteiger partial charge in [0.15, 0.2) is 0 Å². The molecule has 0 aromatic heterocycles. The molecule has 1 nitrogen and oxygen atoms in total. The van der Waals surface area contributed by atoms with Crippen LogP contribution in [0.25, 0.3) is 0 Å². The van der Waals surface area contributed by atoms with Crippen LogP contribution in [0.5, 0.6) is 0 Å². The molecule has 0 heterocycles.